The first-order valence-electron chi connectivity index (χ1n) is 5.66. The SMILES string of the molecule is CC(F)(F)CNC1CN(C(=O)OC(C)(C)C)C1. The Bertz CT molecular complexity index is 278. The van der Waals surface area contributed by atoms with Gasteiger partial charge in [0.1, 0.15) is 5.60 Å². The molecule has 1 saturated heterocycles. The lowest BCUT2D eigenvalue weighted by atomic mass is 10.1. The number of halogens is 2. The lowest BCUT2D eigenvalue weighted by molar-refractivity contribution is -0.00649. The highest BCUT2D eigenvalue weighted by molar-refractivity contribution is 5.69. The maximum Gasteiger partial charge on any atom is 0.410 e. The molecule has 4 nitrogen and oxygen atoms in total. The highest BCUT2D eigenvalue weighted by atomic mass is 19.3. The Morgan fingerprint density at radius 2 is 1.88 bits per heavy atom. The number of alkyl halides is 2. The Labute approximate surface area is 100 Å². The van der Waals surface area contributed by atoms with E-state index in [2.05, 4.69) is 5.32 Å². The average Bonchev–Trinajstić information content (AvgIpc) is 1.94. The predicted molar refractivity (Wildman–Crippen MR) is 60.2 cm³/mol. The normalized spacial score (nSPS) is 17.9. The average molecular weight is 250 g/mol. The fraction of sp³-hybridized carbons (Fsp3) is 0.909. The molecule has 0 spiro atoms. The standard InChI is InChI=1S/C11H20F2N2O2/c1-10(2,3)17-9(16)15-5-8(6-15)14-7-11(4,12)13/h8,14H,5-7H2,1-4H3. The first-order valence-corrected chi connectivity index (χ1v) is 5.66. The molecule has 1 amide bonds. The number of amides is 1. The van der Waals surface area contributed by atoms with Gasteiger partial charge in [0, 0.05) is 26.1 Å². The third kappa shape index (κ3) is 5.30. The third-order valence-corrected chi connectivity index (χ3v) is 2.23. The molecule has 0 atom stereocenters. The molecule has 0 aromatic carbocycles. The van der Waals surface area contributed by atoms with Crippen molar-refractivity contribution in [3.8, 4) is 0 Å². The van der Waals surface area contributed by atoms with Crippen molar-refractivity contribution >= 4 is 6.09 Å². The largest absolute Gasteiger partial charge is 0.444 e. The van der Waals surface area contributed by atoms with Crippen LogP contribution in [-0.2, 0) is 4.74 Å². The van der Waals surface area contributed by atoms with Gasteiger partial charge in [0.25, 0.3) is 5.92 Å². The van der Waals surface area contributed by atoms with Crippen molar-refractivity contribution < 1.29 is 18.3 Å². The first-order chi connectivity index (χ1) is 7.57. The summed E-state index contributed by atoms with van der Waals surface area (Å²) in [5.74, 6) is -2.72. The number of carbonyl (C=O) groups is 1. The van der Waals surface area contributed by atoms with Crippen LogP contribution in [0.4, 0.5) is 13.6 Å². The van der Waals surface area contributed by atoms with E-state index in [0.29, 0.717) is 13.1 Å². The van der Waals surface area contributed by atoms with Crippen molar-refractivity contribution in [2.45, 2.75) is 45.3 Å². The topological polar surface area (TPSA) is 41.6 Å². The van der Waals surface area contributed by atoms with Crippen LogP contribution in [0.25, 0.3) is 0 Å². The van der Waals surface area contributed by atoms with Gasteiger partial charge in [-0.05, 0) is 20.8 Å². The zero-order valence-electron chi connectivity index (χ0n) is 10.7. The van der Waals surface area contributed by atoms with Gasteiger partial charge in [-0.25, -0.2) is 13.6 Å². The van der Waals surface area contributed by atoms with E-state index in [-0.39, 0.29) is 18.7 Å². The quantitative estimate of drug-likeness (QED) is 0.831. The van der Waals surface area contributed by atoms with Crippen LogP contribution in [0, 0.1) is 0 Å². The van der Waals surface area contributed by atoms with Gasteiger partial charge < -0.3 is 15.0 Å². The number of hydrogen-bond donors (Lipinski definition) is 1. The van der Waals surface area contributed by atoms with Crippen molar-refractivity contribution in [1.82, 2.24) is 10.2 Å². The highest BCUT2D eigenvalue weighted by Gasteiger charge is 2.34. The Hall–Kier alpha value is -0.910. The van der Waals surface area contributed by atoms with E-state index < -0.39 is 11.5 Å². The lowest BCUT2D eigenvalue weighted by Gasteiger charge is -2.40. The van der Waals surface area contributed by atoms with Crippen molar-refractivity contribution in [1.29, 1.82) is 0 Å². The minimum Gasteiger partial charge on any atom is -0.444 e. The number of nitrogens with zero attached hydrogens (tertiary/aromatic N) is 1. The van der Waals surface area contributed by atoms with E-state index in [1.54, 1.807) is 20.8 Å². The van der Waals surface area contributed by atoms with Crippen LogP contribution in [0.3, 0.4) is 0 Å². The van der Waals surface area contributed by atoms with E-state index in [0.717, 1.165) is 6.92 Å². The summed E-state index contributed by atoms with van der Waals surface area (Å²) in [6.45, 7) is 6.72. The molecule has 0 aromatic heterocycles. The van der Waals surface area contributed by atoms with Gasteiger partial charge in [-0.3, -0.25) is 0 Å². The fourth-order valence-electron chi connectivity index (χ4n) is 1.41. The number of carbonyl (C=O) groups excluding carboxylic acids is 1. The summed E-state index contributed by atoms with van der Waals surface area (Å²) in [5, 5.41) is 2.71. The predicted octanol–water partition coefficient (Wildman–Crippen LogP) is 1.85. The smallest absolute Gasteiger partial charge is 0.410 e. The summed E-state index contributed by atoms with van der Waals surface area (Å²) in [5.41, 5.74) is -0.522. The van der Waals surface area contributed by atoms with Crippen LogP contribution in [0.15, 0.2) is 0 Å². The second-order valence-corrected chi connectivity index (χ2v) is 5.53. The molecule has 1 rings (SSSR count). The van der Waals surface area contributed by atoms with Gasteiger partial charge in [-0.1, -0.05) is 0 Å². The second-order valence-electron chi connectivity index (χ2n) is 5.53. The van der Waals surface area contributed by atoms with Crippen molar-refractivity contribution in [3.05, 3.63) is 0 Å². The highest BCUT2D eigenvalue weighted by Crippen LogP contribution is 2.16. The van der Waals surface area contributed by atoms with E-state index in [9.17, 15) is 13.6 Å². The molecular formula is C11H20F2N2O2. The summed E-state index contributed by atoms with van der Waals surface area (Å²) >= 11 is 0. The molecular weight excluding hydrogens is 230 g/mol. The van der Waals surface area contributed by atoms with Gasteiger partial charge in [0.2, 0.25) is 0 Å². The van der Waals surface area contributed by atoms with Gasteiger partial charge in [-0.15, -0.1) is 0 Å². The maximum atomic E-state index is 12.6. The van der Waals surface area contributed by atoms with E-state index in [1.807, 2.05) is 0 Å². The van der Waals surface area contributed by atoms with Gasteiger partial charge in [-0.2, -0.15) is 0 Å². The summed E-state index contributed by atoms with van der Waals surface area (Å²) < 4.78 is 30.3. The molecule has 1 fully saturated rings. The first kappa shape index (κ1) is 14.2. The molecule has 0 saturated carbocycles. The molecule has 1 aliphatic heterocycles. The minimum absolute atomic E-state index is 0.0617. The van der Waals surface area contributed by atoms with Crippen LogP contribution < -0.4 is 5.32 Å². The number of hydrogen-bond acceptors (Lipinski definition) is 3. The molecule has 0 aromatic rings. The Kier molecular flexibility index (Phi) is 3.96. The molecule has 1 heterocycles. The lowest BCUT2D eigenvalue weighted by Crippen LogP contribution is -2.61. The molecule has 100 valence electrons. The van der Waals surface area contributed by atoms with Crippen LogP contribution in [-0.4, -0.2) is 48.2 Å². The number of likely N-dealkylation sites (tertiary alicyclic amines) is 1. The van der Waals surface area contributed by atoms with Crippen LogP contribution in [0.1, 0.15) is 27.7 Å². The minimum atomic E-state index is -2.72. The van der Waals surface area contributed by atoms with Crippen LogP contribution in [0.2, 0.25) is 0 Å². The Balaban J connectivity index is 2.21. The number of rotatable bonds is 3. The molecule has 0 bridgehead atoms. The van der Waals surface area contributed by atoms with Gasteiger partial charge in [0.15, 0.2) is 0 Å². The maximum absolute atomic E-state index is 12.6. The molecule has 0 unspecified atom stereocenters. The second kappa shape index (κ2) is 4.76. The zero-order valence-corrected chi connectivity index (χ0v) is 10.7. The zero-order chi connectivity index (χ0) is 13.3. The molecule has 1 aliphatic rings. The molecule has 6 heteroatoms. The molecule has 0 radical (unpaired) electrons. The third-order valence-electron chi connectivity index (χ3n) is 2.23. The number of nitrogens with one attached hydrogen (secondary N) is 1. The Morgan fingerprint density at radius 3 is 2.29 bits per heavy atom. The van der Waals surface area contributed by atoms with E-state index in [4.69, 9.17) is 4.74 Å². The monoisotopic (exact) mass is 250 g/mol. The van der Waals surface area contributed by atoms with Crippen molar-refractivity contribution in [2.24, 2.45) is 0 Å². The van der Waals surface area contributed by atoms with Crippen molar-refractivity contribution in [2.75, 3.05) is 19.6 Å². The molecule has 17 heavy (non-hydrogen) atoms. The van der Waals surface area contributed by atoms with E-state index in [1.165, 1.54) is 4.90 Å². The van der Waals surface area contributed by atoms with Gasteiger partial charge in [0.05, 0.1) is 6.54 Å². The van der Waals surface area contributed by atoms with Crippen molar-refractivity contribution in [3.63, 3.8) is 0 Å². The fourth-order valence-corrected chi connectivity index (χ4v) is 1.41. The molecule has 0 aliphatic carbocycles. The molecule has 1 N–H and O–H groups in total. The summed E-state index contributed by atoms with van der Waals surface area (Å²) in [6.07, 6.45) is -0.390. The summed E-state index contributed by atoms with van der Waals surface area (Å²) in [4.78, 5) is 13.0. The van der Waals surface area contributed by atoms with Crippen LogP contribution in [0.5, 0.6) is 0 Å². The Morgan fingerprint density at radius 1 is 1.35 bits per heavy atom. The summed E-state index contributed by atoms with van der Waals surface area (Å²) in [6, 6.07) is -0.0617. The van der Waals surface area contributed by atoms with Gasteiger partial charge >= 0.3 is 6.09 Å². The van der Waals surface area contributed by atoms with Crippen LogP contribution >= 0.6 is 0 Å². The number of ether oxygens (including phenoxy) is 1. The van der Waals surface area contributed by atoms with E-state index >= 15 is 0 Å². The summed E-state index contributed by atoms with van der Waals surface area (Å²) in [7, 11) is 0.